The maximum Gasteiger partial charge on any atom is 0.305 e. The van der Waals surface area contributed by atoms with E-state index in [2.05, 4.69) is 26.6 Å². The number of ketones is 1. The standard InChI is InChI=1S/C26H44N6O10/c1-8-13(2)20(29-16(5)34)24(40)31-21(15(4)33)25(41)28-14(3)23(39)30-17(9-10-18(35)32(6)7)22(38)26(42)27-12-11-19(36)37/h13-15,17,20-21,33H,8-12H2,1-7H3,(H,27,42)(H,28,41)(H,29,34)(H,30,39)(H,31,40)(H,36,37)/t13-,14+,15-,17?,20+,21+/m1/s1. The van der Waals surface area contributed by atoms with Crippen LogP contribution in [0.3, 0.4) is 0 Å². The van der Waals surface area contributed by atoms with Crippen LogP contribution in [0.25, 0.3) is 0 Å². The van der Waals surface area contributed by atoms with E-state index >= 15 is 0 Å². The lowest BCUT2D eigenvalue weighted by atomic mass is 9.97. The Morgan fingerprint density at radius 2 is 1.36 bits per heavy atom. The molecule has 0 heterocycles. The maximum absolute atomic E-state index is 12.9. The normalized spacial score (nSPS) is 15.0. The highest BCUT2D eigenvalue weighted by Gasteiger charge is 2.34. The van der Waals surface area contributed by atoms with Crippen molar-refractivity contribution in [1.82, 2.24) is 31.5 Å². The molecule has 16 nitrogen and oxygen atoms in total. The summed E-state index contributed by atoms with van der Waals surface area (Å²) in [6, 6.07) is -5.30. The summed E-state index contributed by atoms with van der Waals surface area (Å²) >= 11 is 0. The van der Waals surface area contributed by atoms with Crippen molar-refractivity contribution in [3.63, 3.8) is 0 Å². The zero-order valence-corrected chi connectivity index (χ0v) is 25.1. The van der Waals surface area contributed by atoms with Gasteiger partial charge in [0.25, 0.3) is 5.91 Å². The van der Waals surface area contributed by atoms with Crippen molar-refractivity contribution in [2.45, 2.75) is 90.6 Å². The van der Waals surface area contributed by atoms with Crippen molar-refractivity contribution in [2.24, 2.45) is 5.92 Å². The van der Waals surface area contributed by atoms with E-state index in [0.717, 1.165) is 0 Å². The summed E-state index contributed by atoms with van der Waals surface area (Å²) in [5, 5.41) is 30.6. The number of aliphatic hydroxyl groups is 1. The van der Waals surface area contributed by atoms with Crippen molar-refractivity contribution in [3.8, 4) is 0 Å². The molecule has 238 valence electrons. The molecule has 0 aliphatic carbocycles. The lowest BCUT2D eigenvalue weighted by molar-refractivity contribution is -0.141. The van der Waals surface area contributed by atoms with E-state index in [1.165, 1.54) is 39.8 Å². The Hall–Kier alpha value is -4.08. The zero-order valence-electron chi connectivity index (χ0n) is 25.1. The number of hydrogen-bond donors (Lipinski definition) is 7. The van der Waals surface area contributed by atoms with E-state index in [1.54, 1.807) is 13.8 Å². The molecule has 0 rings (SSSR count). The third-order valence-electron chi connectivity index (χ3n) is 6.30. The maximum atomic E-state index is 12.9. The molecule has 16 heteroatoms. The number of amides is 6. The van der Waals surface area contributed by atoms with Gasteiger partial charge in [0, 0.05) is 34.0 Å². The number of aliphatic hydroxyl groups excluding tert-OH is 1. The highest BCUT2D eigenvalue weighted by Crippen LogP contribution is 2.09. The van der Waals surface area contributed by atoms with E-state index in [9.17, 15) is 43.5 Å². The van der Waals surface area contributed by atoms with Crippen LogP contribution < -0.4 is 26.6 Å². The van der Waals surface area contributed by atoms with Gasteiger partial charge in [-0.05, 0) is 26.2 Å². The second-order valence-electron chi connectivity index (χ2n) is 10.2. The highest BCUT2D eigenvalue weighted by atomic mass is 16.4. The fourth-order valence-corrected chi connectivity index (χ4v) is 3.52. The molecule has 0 spiro atoms. The number of hydrogen-bond acceptors (Lipinski definition) is 9. The summed E-state index contributed by atoms with van der Waals surface area (Å²) in [7, 11) is 2.96. The van der Waals surface area contributed by atoms with E-state index in [-0.39, 0.29) is 31.2 Å². The van der Waals surface area contributed by atoms with Gasteiger partial charge in [0.1, 0.15) is 18.1 Å². The summed E-state index contributed by atoms with van der Waals surface area (Å²) in [5.41, 5.74) is 0. The smallest absolute Gasteiger partial charge is 0.305 e. The monoisotopic (exact) mass is 600 g/mol. The van der Waals surface area contributed by atoms with Crippen LogP contribution in [0, 0.1) is 5.92 Å². The van der Waals surface area contributed by atoms with Crippen molar-refractivity contribution >= 4 is 47.2 Å². The predicted molar refractivity (Wildman–Crippen MR) is 148 cm³/mol. The SMILES string of the molecule is CC[C@@H](C)[C@H](NC(C)=O)C(=O)N[C@H](C(=O)N[C@@H](C)C(=O)NC(CCC(=O)N(C)C)C(=O)C(=O)NCCC(=O)O)[C@@H](C)O. The Kier molecular flexibility index (Phi) is 16.6. The van der Waals surface area contributed by atoms with E-state index in [4.69, 9.17) is 5.11 Å². The van der Waals surface area contributed by atoms with Gasteiger partial charge in [-0.1, -0.05) is 20.3 Å². The molecule has 0 aliphatic rings. The Morgan fingerprint density at radius 1 is 0.786 bits per heavy atom. The lowest BCUT2D eigenvalue weighted by Crippen LogP contribution is -2.60. The Bertz CT molecular complexity index is 1020. The van der Waals surface area contributed by atoms with Crippen LogP contribution in [0.5, 0.6) is 0 Å². The van der Waals surface area contributed by atoms with E-state index < -0.39 is 78.0 Å². The molecule has 0 aromatic carbocycles. The zero-order chi connectivity index (χ0) is 32.7. The number of rotatable bonds is 18. The predicted octanol–water partition coefficient (Wildman–Crippen LogP) is -2.58. The first-order valence-electron chi connectivity index (χ1n) is 13.5. The summed E-state index contributed by atoms with van der Waals surface area (Å²) < 4.78 is 0. The van der Waals surface area contributed by atoms with Crippen LogP contribution >= 0.6 is 0 Å². The molecule has 42 heavy (non-hydrogen) atoms. The van der Waals surface area contributed by atoms with Crippen LogP contribution in [0.15, 0.2) is 0 Å². The minimum atomic E-state index is -1.51. The topological polar surface area (TPSA) is 240 Å². The number of carbonyl (C=O) groups is 8. The molecule has 1 unspecified atom stereocenters. The molecule has 0 bridgehead atoms. The van der Waals surface area contributed by atoms with Gasteiger partial charge in [0.15, 0.2) is 0 Å². The molecule has 0 aromatic heterocycles. The summed E-state index contributed by atoms with van der Waals surface area (Å²) in [4.78, 5) is 99.2. The highest BCUT2D eigenvalue weighted by molar-refractivity contribution is 6.38. The van der Waals surface area contributed by atoms with Gasteiger partial charge in [0.2, 0.25) is 35.3 Å². The van der Waals surface area contributed by atoms with Crippen LogP contribution in [-0.4, -0.2) is 113 Å². The fourth-order valence-electron chi connectivity index (χ4n) is 3.52. The Balaban J connectivity index is 5.61. The first-order chi connectivity index (χ1) is 19.4. The Labute approximate surface area is 244 Å². The third-order valence-corrected chi connectivity index (χ3v) is 6.30. The van der Waals surface area contributed by atoms with E-state index in [0.29, 0.717) is 6.42 Å². The largest absolute Gasteiger partial charge is 0.481 e. The number of carboxylic acids is 1. The number of aliphatic carboxylic acids is 1. The Morgan fingerprint density at radius 3 is 1.83 bits per heavy atom. The molecule has 0 aliphatic heterocycles. The summed E-state index contributed by atoms with van der Waals surface area (Å²) in [5.74, 6) is -7.22. The van der Waals surface area contributed by atoms with Crippen molar-refractivity contribution < 1.29 is 48.6 Å². The number of carbonyl (C=O) groups excluding carboxylic acids is 7. The van der Waals surface area contributed by atoms with Crippen molar-refractivity contribution in [2.75, 3.05) is 20.6 Å². The molecular formula is C26H44N6O10. The molecule has 0 saturated heterocycles. The van der Waals surface area contributed by atoms with Crippen LogP contribution in [0.2, 0.25) is 0 Å². The average Bonchev–Trinajstić information content (AvgIpc) is 2.90. The first kappa shape index (κ1) is 37.9. The molecule has 0 aromatic rings. The van der Waals surface area contributed by atoms with Crippen LogP contribution in [0.1, 0.15) is 60.3 Å². The molecule has 6 atom stereocenters. The lowest BCUT2D eigenvalue weighted by Gasteiger charge is -2.28. The molecular weight excluding hydrogens is 556 g/mol. The van der Waals surface area contributed by atoms with Gasteiger partial charge in [-0.25, -0.2) is 0 Å². The van der Waals surface area contributed by atoms with Gasteiger partial charge in [-0.15, -0.1) is 0 Å². The average molecular weight is 601 g/mol. The molecule has 0 radical (unpaired) electrons. The van der Waals surface area contributed by atoms with E-state index in [1.807, 2.05) is 0 Å². The van der Waals surface area contributed by atoms with Crippen molar-refractivity contribution in [3.05, 3.63) is 0 Å². The fraction of sp³-hybridized carbons (Fsp3) is 0.692. The van der Waals surface area contributed by atoms with Gasteiger partial charge < -0.3 is 41.7 Å². The van der Waals surface area contributed by atoms with Crippen molar-refractivity contribution in [1.29, 1.82) is 0 Å². The minimum absolute atomic E-state index is 0.214. The van der Waals surface area contributed by atoms with Crippen LogP contribution in [0.4, 0.5) is 0 Å². The quantitative estimate of drug-likeness (QED) is 0.0811. The number of Topliss-reactive ketones (excluding diaryl/α,β-unsaturated/α-hetero) is 1. The molecule has 6 amide bonds. The van der Waals surface area contributed by atoms with Gasteiger partial charge in [-0.2, -0.15) is 0 Å². The third kappa shape index (κ3) is 13.5. The number of carboxylic acid groups (broad SMARTS) is 1. The number of nitrogens with one attached hydrogen (secondary N) is 5. The second kappa shape index (κ2) is 18.4. The minimum Gasteiger partial charge on any atom is -0.481 e. The van der Waals surface area contributed by atoms with Crippen LogP contribution in [-0.2, 0) is 38.4 Å². The molecule has 0 fully saturated rings. The summed E-state index contributed by atoms with van der Waals surface area (Å²) in [6.07, 6.45) is -1.80. The first-order valence-corrected chi connectivity index (χ1v) is 13.5. The number of nitrogens with zero attached hydrogens (tertiary/aromatic N) is 1. The van der Waals surface area contributed by atoms with Gasteiger partial charge >= 0.3 is 5.97 Å². The van der Waals surface area contributed by atoms with Gasteiger partial charge in [-0.3, -0.25) is 38.4 Å². The van der Waals surface area contributed by atoms with Gasteiger partial charge in [0.05, 0.1) is 18.6 Å². The second-order valence-corrected chi connectivity index (χ2v) is 10.2. The molecule has 0 saturated carbocycles. The summed E-state index contributed by atoms with van der Waals surface area (Å²) in [6.45, 7) is 6.92. The molecule has 7 N–H and O–H groups in total.